The number of carbonyl (C=O) groups is 1. The van der Waals surface area contributed by atoms with Gasteiger partial charge in [0, 0.05) is 25.6 Å². The van der Waals surface area contributed by atoms with Crippen LogP contribution in [0.4, 0.5) is 4.39 Å². The zero-order valence-electron chi connectivity index (χ0n) is 16.9. The fourth-order valence-corrected chi connectivity index (χ4v) is 4.20. The molecule has 0 saturated carbocycles. The summed E-state index contributed by atoms with van der Waals surface area (Å²) in [6.07, 6.45) is 1.25. The van der Waals surface area contributed by atoms with Crippen LogP contribution < -0.4 is 10.1 Å². The number of nitrogens with one attached hydrogen (secondary N) is 1. The molecule has 8 heteroatoms. The summed E-state index contributed by atoms with van der Waals surface area (Å²) >= 11 is 0. The van der Waals surface area contributed by atoms with Crippen molar-refractivity contribution >= 4 is 15.9 Å². The van der Waals surface area contributed by atoms with Crippen molar-refractivity contribution in [1.29, 1.82) is 0 Å². The lowest BCUT2D eigenvalue weighted by atomic mass is 10.0. The fourth-order valence-electron chi connectivity index (χ4n) is 2.99. The molecular weight excluding hydrogens is 395 g/mol. The van der Waals surface area contributed by atoms with Crippen LogP contribution in [0.2, 0.25) is 0 Å². The van der Waals surface area contributed by atoms with Crippen LogP contribution in [-0.2, 0) is 14.8 Å². The van der Waals surface area contributed by atoms with Crippen molar-refractivity contribution < 1.29 is 22.3 Å². The van der Waals surface area contributed by atoms with E-state index in [0.29, 0.717) is 18.6 Å². The van der Waals surface area contributed by atoms with Crippen molar-refractivity contribution in [1.82, 2.24) is 9.62 Å². The van der Waals surface area contributed by atoms with Gasteiger partial charge >= 0.3 is 0 Å². The summed E-state index contributed by atoms with van der Waals surface area (Å²) in [5, 5.41) is 2.98. The molecule has 0 aromatic heterocycles. The number of nitrogens with zero attached hydrogens (tertiary/aromatic N) is 1. The number of amides is 1. The summed E-state index contributed by atoms with van der Waals surface area (Å²) in [6.45, 7) is 2.15. The van der Waals surface area contributed by atoms with Gasteiger partial charge in [-0.3, -0.25) is 4.79 Å². The molecule has 2 aromatic carbocycles. The second-order valence-corrected chi connectivity index (χ2v) is 8.70. The molecule has 0 saturated heterocycles. The van der Waals surface area contributed by atoms with Gasteiger partial charge in [0.25, 0.3) is 0 Å². The molecular formula is C21H27FN2O4S. The highest BCUT2D eigenvalue weighted by Crippen LogP contribution is 2.27. The number of ether oxygens (including phenoxy) is 1. The average Bonchev–Trinajstić information content (AvgIpc) is 2.72. The Balaban J connectivity index is 1.90. The monoisotopic (exact) mass is 422 g/mol. The van der Waals surface area contributed by atoms with E-state index < -0.39 is 15.8 Å². The largest absolute Gasteiger partial charge is 0.496 e. The van der Waals surface area contributed by atoms with Crippen molar-refractivity contribution in [2.45, 2.75) is 37.1 Å². The Morgan fingerprint density at radius 2 is 1.83 bits per heavy atom. The first-order valence-corrected chi connectivity index (χ1v) is 10.9. The molecule has 29 heavy (non-hydrogen) atoms. The molecule has 1 unspecified atom stereocenters. The Hall–Kier alpha value is -2.45. The lowest BCUT2D eigenvalue weighted by molar-refractivity contribution is -0.122. The van der Waals surface area contributed by atoms with Gasteiger partial charge in [-0.1, -0.05) is 25.1 Å². The second-order valence-electron chi connectivity index (χ2n) is 6.65. The molecule has 0 radical (unpaired) electrons. The number of halogens is 1. The van der Waals surface area contributed by atoms with Crippen molar-refractivity contribution in [3.63, 3.8) is 0 Å². The molecule has 0 aliphatic heterocycles. The smallest absolute Gasteiger partial charge is 0.242 e. The maximum absolute atomic E-state index is 13.0. The molecule has 158 valence electrons. The SMILES string of the molecule is CCC(NC(=O)CCCN(C)S(=O)(=O)c1ccc(F)cc1)c1ccccc1OC. The number of sulfonamides is 1. The van der Waals surface area contributed by atoms with Crippen LogP contribution in [0.15, 0.2) is 53.4 Å². The number of para-hydroxylation sites is 1. The maximum Gasteiger partial charge on any atom is 0.242 e. The molecule has 1 atom stereocenters. The highest BCUT2D eigenvalue weighted by molar-refractivity contribution is 7.89. The Morgan fingerprint density at radius 3 is 2.45 bits per heavy atom. The highest BCUT2D eigenvalue weighted by Gasteiger charge is 2.21. The zero-order valence-corrected chi connectivity index (χ0v) is 17.7. The maximum atomic E-state index is 13.0. The predicted molar refractivity (Wildman–Crippen MR) is 110 cm³/mol. The molecule has 1 amide bonds. The van der Waals surface area contributed by atoms with E-state index in [1.54, 1.807) is 7.11 Å². The lowest BCUT2D eigenvalue weighted by Crippen LogP contribution is -2.31. The van der Waals surface area contributed by atoms with E-state index in [4.69, 9.17) is 4.74 Å². The average molecular weight is 423 g/mol. The Labute approximate surface area is 171 Å². The van der Waals surface area contributed by atoms with Gasteiger partial charge in [-0.05, 0) is 43.2 Å². The van der Waals surface area contributed by atoms with Gasteiger partial charge < -0.3 is 10.1 Å². The van der Waals surface area contributed by atoms with Gasteiger partial charge in [0.05, 0.1) is 18.0 Å². The third-order valence-electron chi connectivity index (χ3n) is 4.66. The van der Waals surface area contributed by atoms with Gasteiger partial charge in [-0.2, -0.15) is 0 Å². The molecule has 1 N–H and O–H groups in total. The van der Waals surface area contributed by atoms with Crippen LogP contribution in [0.3, 0.4) is 0 Å². The summed E-state index contributed by atoms with van der Waals surface area (Å²) in [5.74, 6) is 0.0592. The zero-order chi connectivity index (χ0) is 21.4. The second kappa shape index (κ2) is 10.4. The topological polar surface area (TPSA) is 75.7 Å². The van der Waals surface area contributed by atoms with Crippen molar-refractivity contribution in [2.24, 2.45) is 0 Å². The summed E-state index contributed by atoms with van der Waals surface area (Å²) < 4.78 is 44.5. The summed E-state index contributed by atoms with van der Waals surface area (Å²) in [7, 11) is -0.682. The third kappa shape index (κ3) is 6.01. The van der Waals surface area contributed by atoms with E-state index >= 15 is 0 Å². The first-order chi connectivity index (χ1) is 13.8. The van der Waals surface area contributed by atoms with E-state index in [9.17, 15) is 17.6 Å². The Kier molecular flexibility index (Phi) is 8.16. The summed E-state index contributed by atoms with van der Waals surface area (Å²) in [5.41, 5.74) is 0.904. The quantitative estimate of drug-likeness (QED) is 0.636. The Morgan fingerprint density at radius 1 is 1.17 bits per heavy atom. The number of rotatable bonds is 10. The first-order valence-electron chi connectivity index (χ1n) is 9.43. The molecule has 2 rings (SSSR count). The normalized spacial score (nSPS) is 12.6. The molecule has 0 heterocycles. The number of benzene rings is 2. The minimum absolute atomic E-state index is 0.0214. The number of hydrogen-bond donors (Lipinski definition) is 1. The van der Waals surface area contributed by atoms with Crippen molar-refractivity contribution in [3.05, 3.63) is 59.9 Å². The van der Waals surface area contributed by atoms with Crippen LogP contribution in [0.5, 0.6) is 5.75 Å². The van der Waals surface area contributed by atoms with Crippen LogP contribution in [-0.4, -0.2) is 39.3 Å². The highest BCUT2D eigenvalue weighted by atomic mass is 32.2. The number of methoxy groups -OCH3 is 1. The van der Waals surface area contributed by atoms with Gasteiger partial charge in [0.15, 0.2) is 0 Å². The molecule has 0 spiro atoms. The van der Waals surface area contributed by atoms with Crippen LogP contribution in [0, 0.1) is 5.82 Å². The number of hydrogen-bond acceptors (Lipinski definition) is 4. The molecule has 0 fully saturated rings. The predicted octanol–water partition coefficient (Wildman–Crippen LogP) is 3.50. The summed E-state index contributed by atoms with van der Waals surface area (Å²) in [4.78, 5) is 12.4. The van der Waals surface area contributed by atoms with Gasteiger partial charge in [-0.15, -0.1) is 0 Å². The van der Waals surface area contributed by atoms with Crippen LogP contribution in [0.25, 0.3) is 0 Å². The van der Waals surface area contributed by atoms with Gasteiger partial charge in [0.1, 0.15) is 11.6 Å². The minimum atomic E-state index is -3.71. The standard InChI is InChI=1S/C21H27FN2O4S/c1-4-19(18-8-5-6-9-20(18)28-3)23-21(25)10-7-15-24(2)29(26,27)17-13-11-16(22)12-14-17/h5-6,8-9,11-14,19H,4,7,10,15H2,1-3H3,(H,23,25). The molecule has 2 aromatic rings. The van der Waals surface area contributed by atoms with Gasteiger partial charge in [0.2, 0.25) is 15.9 Å². The molecule has 0 aliphatic carbocycles. The number of carbonyl (C=O) groups excluding carboxylic acids is 1. The van der Waals surface area contributed by atoms with Crippen LogP contribution in [0.1, 0.15) is 37.8 Å². The minimum Gasteiger partial charge on any atom is -0.496 e. The van der Waals surface area contributed by atoms with Gasteiger partial charge in [-0.25, -0.2) is 17.1 Å². The Bertz CT molecular complexity index is 917. The van der Waals surface area contributed by atoms with E-state index in [1.165, 1.54) is 23.5 Å². The van der Waals surface area contributed by atoms with Crippen molar-refractivity contribution in [3.8, 4) is 5.75 Å². The first kappa shape index (κ1) is 22.8. The van der Waals surface area contributed by atoms with Crippen molar-refractivity contribution in [2.75, 3.05) is 20.7 Å². The molecule has 0 bridgehead atoms. The van der Waals surface area contributed by atoms with E-state index in [0.717, 1.165) is 17.7 Å². The molecule has 0 aliphatic rings. The summed E-state index contributed by atoms with van der Waals surface area (Å²) in [6, 6.07) is 12.0. The van der Waals surface area contributed by atoms with E-state index in [-0.39, 0.29) is 29.8 Å². The third-order valence-corrected chi connectivity index (χ3v) is 6.53. The van der Waals surface area contributed by atoms with E-state index in [2.05, 4.69) is 5.32 Å². The fraction of sp³-hybridized carbons (Fsp3) is 0.381. The molecule has 6 nitrogen and oxygen atoms in total. The lowest BCUT2D eigenvalue weighted by Gasteiger charge is -2.20. The van der Waals surface area contributed by atoms with E-state index in [1.807, 2.05) is 31.2 Å². The van der Waals surface area contributed by atoms with Crippen LogP contribution >= 0.6 is 0 Å².